The van der Waals surface area contributed by atoms with Crippen LogP contribution in [0.3, 0.4) is 0 Å². The van der Waals surface area contributed by atoms with Crippen molar-refractivity contribution in [1.82, 2.24) is 10.6 Å². The van der Waals surface area contributed by atoms with E-state index in [4.69, 9.17) is 0 Å². The molecule has 1 saturated heterocycles. The number of carbonyl (C=O) groups is 2. The zero-order valence-electron chi connectivity index (χ0n) is 14.4. The predicted molar refractivity (Wildman–Crippen MR) is 101 cm³/mol. The molecule has 0 saturated carbocycles. The zero-order chi connectivity index (χ0) is 18.6. The van der Waals surface area contributed by atoms with E-state index in [0.717, 1.165) is 5.56 Å². The third-order valence-electron chi connectivity index (χ3n) is 4.11. The number of benzene rings is 2. The van der Waals surface area contributed by atoms with E-state index < -0.39 is 30.8 Å². The Morgan fingerprint density at radius 1 is 1.11 bits per heavy atom. The Morgan fingerprint density at radius 2 is 1.85 bits per heavy atom. The van der Waals surface area contributed by atoms with Crippen molar-refractivity contribution in [1.29, 1.82) is 0 Å². The molecule has 5 nitrogen and oxygen atoms in total. The summed E-state index contributed by atoms with van der Waals surface area (Å²) in [5.74, 6) is -3.69. The van der Waals surface area contributed by atoms with Crippen LogP contribution in [0.2, 0.25) is 0 Å². The van der Waals surface area contributed by atoms with Gasteiger partial charge in [-0.15, -0.1) is 12.4 Å². The lowest BCUT2D eigenvalue weighted by Crippen LogP contribution is -2.35. The SMILES string of the molecule is Cl.O=C(NCc1ccccc1)c1cccc(NC(=O)C2CC(F)(F)CN2)c1. The van der Waals surface area contributed by atoms with Crippen molar-refractivity contribution < 1.29 is 18.4 Å². The normalized spacial score (nSPS) is 17.6. The molecule has 0 aliphatic carbocycles. The van der Waals surface area contributed by atoms with E-state index >= 15 is 0 Å². The van der Waals surface area contributed by atoms with Gasteiger partial charge in [0.25, 0.3) is 11.8 Å². The number of carbonyl (C=O) groups excluding carboxylic acids is 2. The maximum absolute atomic E-state index is 13.2. The molecule has 1 fully saturated rings. The average Bonchev–Trinajstić information content (AvgIpc) is 3.01. The minimum Gasteiger partial charge on any atom is -0.348 e. The number of amides is 2. The number of nitrogens with one attached hydrogen (secondary N) is 3. The standard InChI is InChI=1S/C19H19F2N3O2.ClH/c20-19(21)10-16(23-12-19)18(26)24-15-8-4-7-14(9-15)17(25)22-11-13-5-2-1-3-6-13;/h1-9,16,23H,10-12H2,(H,22,25)(H,24,26);1H. The van der Waals surface area contributed by atoms with Crippen molar-refractivity contribution in [3.63, 3.8) is 0 Å². The minimum atomic E-state index is -2.87. The summed E-state index contributed by atoms with van der Waals surface area (Å²) in [6.07, 6.45) is -0.532. The molecule has 2 amide bonds. The first-order valence-corrected chi connectivity index (χ1v) is 8.27. The molecule has 1 heterocycles. The second-order valence-electron chi connectivity index (χ2n) is 6.23. The van der Waals surface area contributed by atoms with Crippen LogP contribution in [0.5, 0.6) is 0 Å². The average molecular weight is 396 g/mol. The maximum atomic E-state index is 13.2. The van der Waals surface area contributed by atoms with Gasteiger partial charge in [0.05, 0.1) is 12.6 Å². The van der Waals surface area contributed by atoms with Crippen LogP contribution in [0, 0.1) is 0 Å². The highest BCUT2D eigenvalue weighted by atomic mass is 35.5. The second kappa shape index (κ2) is 8.92. The van der Waals surface area contributed by atoms with E-state index in [1.807, 2.05) is 30.3 Å². The van der Waals surface area contributed by atoms with Gasteiger partial charge in [0.2, 0.25) is 5.91 Å². The number of hydrogen-bond acceptors (Lipinski definition) is 3. The maximum Gasteiger partial charge on any atom is 0.262 e. The van der Waals surface area contributed by atoms with Crippen LogP contribution >= 0.6 is 12.4 Å². The van der Waals surface area contributed by atoms with Crippen LogP contribution in [0.4, 0.5) is 14.5 Å². The lowest BCUT2D eigenvalue weighted by Gasteiger charge is -2.12. The quantitative estimate of drug-likeness (QED) is 0.729. The third-order valence-corrected chi connectivity index (χ3v) is 4.11. The van der Waals surface area contributed by atoms with Gasteiger partial charge in [-0.2, -0.15) is 0 Å². The fraction of sp³-hybridized carbons (Fsp3) is 0.263. The first kappa shape index (κ1) is 20.8. The highest BCUT2D eigenvalue weighted by molar-refractivity contribution is 5.98. The molecule has 0 aromatic heterocycles. The van der Waals surface area contributed by atoms with Crippen LogP contribution in [-0.2, 0) is 11.3 Å². The van der Waals surface area contributed by atoms with E-state index in [1.165, 1.54) is 6.07 Å². The van der Waals surface area contributed by atoms with Crippen LogP contribution < -0.4 is 16.0 Å². The molecule has 1 aliphatic heterocycles. The Balaban J connectivity index is 0.00000261. The third kappa shape index (κ3) is 5.74. The Kier molecular flexibility index (Phi) is 6.87. The molecule has 2 aromatic rings. The summed E-state index contributed by atoms with van der Waals surface area (Å²) in [6, 6.07) is 14.9. The van der Waals surface area contributed by atoms with Crippen molar-refractivity contribution in [3.8, 4) is 0 Å². The van der Waals surface area contributed by atoms with Crippen LogP contribution in [0.15, 0.2) is 54.6 Å². The lowest BCUT2D eigenvalue weighted by molar-refractivity contribution is -0.118. The van der Waals surface area contributed by atoms with Gasteiger partial charge in [0.1, 0.15) is 0 Å². The highest BCUT2D eigenvalue weighted by Gasteiger charge is 2.42. The molecule has 3 N–H and O–H groups in total. The van der Waals surface area contributed by atoms with Crippen molar-refractivity contribution in [2.24, 2.45) is 0 Å². The number of hydrogen-bond donors (Lipinski definition) is 3. The molecule has 2 aromatic carbocycles. The van der Waals surface area contributed by atoms with E-state index in [0.29, 0.717) is 17.8 Å². The molecule has 3 rings (SSSR count). The summed E-state index contributed by atoms with van der Waals surface area (Å²) in [5, 5.41) is 7.88. The van der Waals surface area contributed by atoms with Crippen molar-refractivity contribution in [3.05, 3.63) is 65.7 Å². The molecule has 8 heteroatoms. The van der Waals surface area contributed by atoms with E-state index in [9.17, 15) is 18.4 Å². The largest absolute Gasteiger partial charge is 0.348 e. The summed E-state index contributed by atoms with van der Waals surface area (Å²) in [5.41, 5.74) is 1.74. The number of alkyl halides is 2. The highest BCUT2D eigenvalue weighted by Crippen LogP contribution is 2.25. The molecule has 27 heavy (non-hydrogen) atoms. The zero-order valence-corrected chi connectivity index (χ0v) is 15.2. The second-order valence-corrected chi connectivity index (χ2v) is 6.23. The smallest absolute Gasteiger partial charge is 0.262 e. The summed E-state index contributed by atoms with van der Waals surface area (Å²) in [7, 11) is 0. The number of rotatable bonds is 5. The van der Waals surface area contributed by atoms with Gasteiger partial charge < -0.3 is 10.6 Å². The predicted octanol–water partition coefficient (Wildman–Crippen LogP) is 2.97. The lowest BCUT2D eigenvalue weighted by atomic mass is 10.1. The first-order chi connectivity index (χ1) is 12.4. The Bertz CT molecular complexity index is 803. The molecule has 1 atom stereocenters. The van der Waals surface area contributed by atoms with Gasteiger partial charge in [-0.05, 0) is 23.8 Å². The molecule has 1 aliphatic rings. The number of anilines is 1. The first-order valence-electron chi connectivity index (χ1n) is 8.27. The van der Waals surface area contributed by atoms with Gasteiger partial charge in [0.15, 0.2) is 0 Å². The van der Waals surface area contributed by atoms with Crippen LogP contribution in [0.1, 0.15) is 22.3 Å². The van der Waals surface area contributed by atoms with Crippen LogP contribution in [0.25, 0.3) is 0 Å². The fourth-order valence-corrected chi connectivity index (χ4v) is 2.75. The molecule has 1 unspecified atom stereocenters. The van der Waals surface area contributed by atoms with Gasteiger partial charge >= 0.3 is 0 Å². The van der Waals surface area contributed by atoms with Crippen molar-refractivity contribution in [2.75, 3.05) is 11.9 Å². The topological polar surface area (TPSA) is 70.2 Å². The number of halogens is 3. The van der Waals surface area contributed by atoms with E-state index in [1.54, 1.807) is 18.2 Å². The van der Waals surface area contributed by atoms with Crippen molar-refractivity contribution in [2.45, 2.75) is 24.9 Å². The van der Waals surface area contributed by atoms with E-state index in [-0.39, 0.29) is 18.3 Å². The van der Waals surface area contributed by atoms with Gasteiger partial charge in [-0.3, -0.25) is 14.9 Å². The van der Waals surface area contributed by atoms with Gasteiger partial charge in [-0.1, -0.05) is 36.4 Å². The Labute approximate surface area is 161 Å². The van der Waals surface area contributed by atoms with Gasteiger partial charge in [-0.25, -0.2) is 8.78 Å². The summed E-state index contributed by atoms with van der Waals surface area (Å²) >= 11 is 0. The molecule has 0 spiro atoms. The molecular weight excluding hydrogens is 376 g/mol. The molecule has 0 bridgehead atoms. The van der Waals surface area contributed by atoms with Crippen molar-refractivity contribution >= 4 is 29.9 Å². The van der Waals surface area contributed by atoms with E-state index in [2.05, 4.69) is 16.0 Å². The van der Waals surface area contributed by atoms with Gasteiger partial charge in [0, 0.05) is 24.2 Å². The molecule has 144 valence electrons. The van der Waals surface area contributed by atoms with Crippen LogP contribution in [-0.4, -0.2) is 30.3 Å². The Hall–Kier alpha value is -2.51. The Morgan fingerprint density at radius 3 is 2.52 bits per heavy atom. The molecular formula is C19H20ClF2N3O2. The monoisotopic (exact) mass is 395 g/mol. The summed E-state index contributed by atoms with van der Waals surface area (Å²) in [4.78, 5) is 24.3. The summed E-state index contributed by atoms with van der Waals surface area (Å²) < 4.78 is 26.4. The fourth-order valence-electron chi connectivity index (χ4n) is 2.75. The summed E-state index contributed by atoms with van der Waals surface area (Å²) in [6.45, 7) is -0.121. The molecule has 0 radical (unpaired) electrons. The minimum absolute atomic E-state index is 0.